The van der Waals surface area contributed by atoms with Crippen LogP contribution in [0.4, 0.5) is 13.2 Å². The summed E-state index contributed by atoms with van der Waals surface area (Å²) in [5, 5.41) is 10.8. The summed E-state index contributed by atoms with van der Waals surface area (Å²) in [6.07, 6.45) is 11.1. The third-order valence-electron chi connectivity index (χ3n) is 6.64. The van der Waals surface area contributed by atoms with Crippen molar-refractivity contribution in [1.82, 2.24) is 15.3 Å². The Morgan fingerprint density at radius 2 is 1.89 bits per heavy atom. The van der Waals surface area contributed by atoms with Gasteiger partial charge in [-0.15, -0.1) is 0 Å². The molecule has 9 heteroatoms. The second-order valence-electron chi connectivity index (χ2n) is 9.93. The molecule has 0 aliphatic heterocycles. The number of halogens is 3. The van der Waals surface area contributed by atoms with Crippen LogP contribution in [-0.4, -0.2) is 46.4 Å². The lowest BCUT2D eigenvalue weighted by molar-refractivity contribution is -0.192. The normalized spacial score (nSPS) is 21.9. The fourth-order valence-electron chi connectivity index (χ4n) is 4.41. The van der Waals surface area contributed by atoms with E-state index in [0.717, 1.165) is 18.8 Å². The molecule has 1 heterocycles. The molecule has 3 N–H and O–H groups in total. The summed E-state index contributed by atoms with van der Waals surface area (Å²) in [4.78, 5) is 16.7. The summed E-state index contributed by atoms with van der Waals surface area (Å²) < 4.78 is 38.2. The van der Waals surface area contributed by atoms with Crippen LogP contribution in [0.1, 0.15) is 57.3 Å². The molecule has 0 spiro atoms. The molecule has 4 rings (SSSR count). The van der Waals surface area contributed by atoms with Crippen LogP contribution in [0.5, 0.6) is 0 Å². The van der Waals surface area contributed by atoms with Crippen molar-refractivity contribution in [2.45, 2.75) is 63.8 Å². The van der Waals surface area contributed by atoms with Crippen LogP contribution in [0, 0.1) is 5.41 Å². The van der Waals surface area contributed by atoms with Crippen molar-refractivity contribution in [2.75, 3.05) is 13.2 Å². The molecule has 2 aromatic rings. The number of alkyl halides is 3. The average molecular weight is 506 g/mol. The van der Waals surface area contributed by atoms with Gasteiger partial charge < -0.3 is 20.1 Å². The number of nitrogens with zero attached hydrogens (tertiary/aromatic N) is 1. The maximum absolute atomic E-state index is 10.6. The number of rotatable bonds is 7. The van der Waals surface area contributed by atoms with Crippen LogP contribution in [0.3, 0.4) is 0 Å². The Kier molecular flexibility index (Phi) is 9.13. The Bertz CT molecular complexity index is 1020. The Hall–Kier alpha value is -2.91. The van der Waals surface area contributed by atoms with Gasteiger partial charge in [-0.05, 0) is 48.3 Å². The van der Waals surface area contributed by atoms with E-state index >= 15 is 0 Å². The number of hydrogen-bond acceptors (Lipinski definition) is 4. The number of nitrogens with one attached hydrogen (secondary N) is 2. The molecular weight excluding hydrogens is 471 g/mol. The highest BCUT2D eigenvalue weighted by atomic mass is 19.4. The van der Waals surface area contributed by atoms with Gasteiger partial charge in [0.05, 0.1) is 6.61 Å². The summed E-state index contributed by atoms with van der Waals surface area (Å²) in [5.41, 5.74) is 2.46. The van der Waals surface area contributed by atoms with Crippen LogP contribution in [0.2, 0.25) is 0 Å². The zero-order valence-electron chi connectivity index (χ0n) is 20.6. The second kappa shape index (κ2) is 11.9. The quantitative estimate of drug-likeness (QED) is 0.411. The zero-order valence-corrected chi connectivity index (χ0v) is 20.6. The van der Waals surface area contributed by atoms with E-state index in [1.54, 1.807) is 6.20 Å². The molecule has 0 amide bonds. The lowest BCUT2D eigenvalue weighted by Gasteiger charge is -2.35. The van der Waals surface area contributed by atoms with Gasteiger partial charge in [0.2, 0.25) is 0 Å². The number of aliphatic carboxylic acids is 1. The molecule has 0 saturated heterocycles. The minimum atomic E-state index is -5.08. The van der Waals surface area contributed by atoms with E-state index < -0.39 is 17.7 Å². The summed E-state index contributed by atoms with van der Waals surface area (Å²) in [7, 11) is 0. The predicted molar refractivity (Wildman–Crippen MR) is 132 cm³/mol. The molecule has 6 nitrogen and oxygen atoms in total. The van der Waals surface area contributed by atoms with Crippen molar-refractivity contribution in [1.29, 1.82) is 0 Å². The van der Waals surface area contributed by atoms with Gasteiger partial charge in [-0.1, -0.05) is 56.3 Å². The van der Waals surface area contributed by atoms with Crippen LogP contribution in [0.15, 0.2) is 61.0 Å². The SMILES string of the molecule is CC1(C)CCC(NCCOC2(c3ncc[nH]3)C=CC(c3ccccc3)=CC2)CC1.O=C(O)C(F)(F)F. The number of allylic oxidation sites excluding steroid dienone is 2. The van der Waals surface area contributed by atoms with Crippen LogP contribution >= 0.6 is 0 Å². The predicted octanol–water partition coefficient (Wildman–Crippen LogP) is 5.86. The number of imidazole rings is 1. The fraction of sp³-hybridized carbons (Fsp3) is 0.481. The van der Waals surface area contributed by atoms with E-state index in [0.29, 0.717) is 18.1 Å². The molecule has 36 heavy (non-hydrogen) atoms. The lowest BCUT2D eigenvalue weighted by Crippen LogP contribution is -2.39. The Morgan fingerprint density at radius 1 is 1.22 bits per heavy atom. The van der Waals surface area contributed by atoms with E-state index in [9.17, 15) is 13.2 Å². The Balaban J connectivity index is 0.000000454. The topological polar surface area (TPSA) is 87.2 Å². The molecule has 2 aliphatic carbocycles. The molecule has 1 fully saturated rings. The molecule has 1 aromatic heterocycles. The van der Waals surface area contributed by atoms with E-state index in [-0.39, 0.29) is 0 Å². The number of carboxylic acids is 1. The third kappa shape index (κ3) is 7.80. The Labute approximate surface area is 209 Å². The molecule has 0 radical (unpaired) electrons. The standard InChI is InChI=1S/C25H33N3O.C2HF3O2/c1-24(2)12-10-22(11-13-24)26-18-19-29-25(23-27-16-17-28-23)14-8-21(9-15-25)20-6-4-3-5-7-20;3-2(4,5)1(6)7/h3-9,14,16-17,22,26H,10-13,15,18-19H2,1-2H3,(H,27,28);(H,6,7). The number of carboxylic acid groups (broad SMARTS) is 1. The van der Waals surface area contributed by atoms with Gasteiger partial charge in [0.15, 0.2) is 0 Å². The van der Waals surface area contributed by atoms with Crippen molar-refractivity contribution in [2.24, 2.45) is 5.41 Å². The van der Waals surface area contributed by atoms with E-state index in [1.165, 1.54) is 36.8 Å². The largest absolute Gasteiger partial charge is 0.490 e. The first-order valence-corrected chi connectivity index (χ1v) is 12.1. The minimum Gasteiger partial charge on any atom is -0.475 e. The van der Waals surface area contributed by atoms with Crippen molar-refractivity contribution in [3.8, 4) is 0 Å². The van der Waals surface area contributed by atoms with Gasteiger partial charge >= 0.3 is 12.1 Å². The monoisotopic (exact) mass is 505 g/mol. The van der Waals surface area contributed by atoms with Crippen molar-refractivity contribution in [3.05, 3.63) is 72.3 Å². The first-order valence-electron chi connectivity index (χ1n) is 12.1. The van der Waals surface area contributed by atoms with Crippen LogP contribution in [-0.2, 0) is 15.1 Å². The van der Waals surface area contributed by atoms with Gasteiger partial charge in [0.25, 0.3) is 0 Å². The molecular formula is C27H34F3N3O3. The van der Waals surface area contributed by atoms with Crippen LogP contribution in [0.25, 0.3) is 5.57 Å². The number of H-pyrrole nitrogens is 1. The van der Waals surface area contributed by atoms with Gasteiger partial charge in [0, 0.05) is 31.4 Å². The molecule has 2 aliphatic rings. The molecule has 1 atom stereocenters. The highest BCUT2D eigenvalue weighted by molar-refractivity contribution is 5.75. The smallest absolute Gasteiger partial charge is 0.475 e. The van der Waals surface area contributed by atoms with E-state index in [1.807, 2.05) is 12.3 Å². The maximum Gasteiger partial charge on any atom is 0.490 e. The number of benzene rings is 1. The summed E-state index contributed by atoms with van der Waals surface area (Å²) in [6, 6.07) is 11.1. The lowest BCUT2D eigenvalue weighted by atomic mass is 9.75. The van der Waals surface area contributed by atoms with Gasteiger partial charge in [-0.25, -0.2) is 9.78 Å². The Morgan fingerprint density at radius 3 is 2.42 bits per heavy atom. The summed E-state index contributed by atoms with van der Waals surface area (Å²) >= 11 is 0. The summed E-state index contributed by atoms with van der Waals surface area (Å²) in [6.45, 7) is 6.30. The second-order valence-corrected chi connectivity index (χ2v) is 9.93. The zero-order chi connectivity index (χ0) is 26.2. The van der Waals surface area contributed by atoms with Gasteiger partial charge in [-0.3, -0.25) is 0 Å². The minimum absolute atomic E-state index is 0.508. The first kappa shape index (κ1) is 27.7. The summed E-state index contributed by atoms with van der Waals surface area (Å²) in [5.74, 6) is -1.89. The number of aromatic amines is 1. The molecule has 1 unspecified atom stereocenters. The maximum atomic E-state index is 10.6. The van der Waals surface area contributed by atoms with E-state index in [4.69, 9.17) is 14.6 Å². The number of aromatic nitrogens is 2. The van der Waals surface area contributed by atoms with Crippen molar-refractivity contribution >= 4 is 11.5 Å². The van der Waals surface area contributed by atoms with Gasteiger partial charge in [-0.2, -0.15) is 13.2 Å². The molecule has 1 aromatic carbocycles. The molecule has 0 bridgehead atoms. The first-order chi connectivity index (χ1) is 17.0. The van der Waals surface area contributed by atoms with E-state index in [2.05, 4.69) is 71.6 Å². The van der Waals surface area contributed by atoms with Crippen molar-refractivity contribution in [3.63, 3.8) is 0 Å². The third-order valence-corrected chi connectivity index (χ3v) is 6.64. The highest BCUT2D eigenvalue weighted by Gasteiger charge is 2.38. The molecule has 1 saturated carbocycles. The number of hydrogen-bond donors (Lipinski definition) is 3. The average Bonchev–Trinajstić information content (AvgIpc) is 3.39. The number of carbonyl (C=O) groups is 1. The fourth-order valence-corrected chi connectivity index (χ4v) is 4.41. The number of ether oxygens (including phenoxy) is 1. The van der Waals surface area contributed by atoms with Crippen molar-refractivity contribution < 1.29 is 27.8 Å². The van der Waals surface area contributed by atoms with Gasteiger partial charge in [0.1, 0.15) is 11.4 Å². The van der Waals surface area contributed by atoms with Crippen LogP contribution < -0.4 is 5.32 Å². The highest BCUT2D eigenvalue weighted by Crippen LogP contribution is 2.36. The molecule has 196 valence electrons.